The zero-order chi connectivity index (χ0) is 21.6. The summed E-state index contributed by atoms with van der Waals surface area (Å²) in [7, 11) is 0. The summed E-state index contributed by atoms with van der Waals surface area (Å²) in [5.41, 5.74) is -0.0469. The smallest absolute Gasteiger partial charge is 0.419 e. The quantitative estimate of drug-likeness (QED) is 0.467. The molecule has 4 N–H and O–H groups in total. The number of aliphatic carboxylic acids is 1. The number of phenols is 1. The third-order valence-corrected chi connectivity index (χ3v) is 4.29. The molecule has 0 saturated heterocycles. The molecular formula is C20H23ClF3NO5. The molecule has 0 saturated carbocycles. The van der Waals surface area contributed by atoms with Crippen molar-refractivity contribution >= 4 is 18.4 Å². The highest BCUT2D eigenvalue weighted by Gasteiger charge is 2.34. The molecule has 0 spiro atoms. The lowest BCUT2D eigenvalue weighted by molar-refractivity contribution is -0.143. The van der Waals surface area contributed by atoms with E-state index in [2.05, 4.69) is 5.32 Å². The number of alkyl halides is 3. The van der Waals surface area contributed by atoms with Crippen LogP contribution in [0.25, 0.3) is 0 Å². The van der Waals surface area contributed by atoms with Gasteiger partial charge in [0.05, 0.1) is 11.7 Å². The minimum Gasteiger partial charge on any atom is -0.508 e. The average molecular weight is 450 g/mol. The van der Waals surface area contributed by atoms with Crippen molar-refractivity contribution < 1.29 is 38.0 Å². The van der Waals surface area contributed by atoms with Gasteiger partial charge in [-0.15, -0.1) is 12.4 Å². The SMILES string of the molecule is C[C@H](NCCc1ccc(OCC(=O)O)c(C(F)(F)F)c1)[C@H](O)c1ccc(O)cc1.Cl. The van der Waals surface area contributed by atoms with Crippen molar-refractivity contribution in [2.75, 3.05) is 13.2 Å². The Balaban J connectivity index is 0.00000450. The number of aliphatic hydroxyl groups excluding tert-OH is 1. The van der Waals surface area contributed by atoms with Crippen LogP contribution in [0, 0.1) is 0 Å². The second-order valence-corrected chi connectivity index (χ2v) is 6.54. The number of halogens is 4. The lowest BCUT2D eigenvalue weighted by atomic mass is 10.0. The van der Waals surface area contributed by atoms with E-state index in [-0.39, 0.29) is 30.6 Å². The highest BCUT2D eigenvalue weighted by molar-refractivity contribution is 5.85. The molecule has 0 radical (unpaired) electrons. The van der Waals surface area contributed by atoms with Gasteiger partial charge in [-0.3, -0.25) is 0 Å². The number of aliphatic hydroxyl groups is 1. The molecule has 0 aromatic heterocycles. The van der Waals surface area contributed by atoms with Gasteiger partial charge in [-0.25, -0.2) is 4.79 Å². The fourth-order valence-corrected chi connectivity index (χ4v) is 2.74. The molecular weight excluding hydrogens is 427 g/mol. The Morgan fingerprint density at radius 1 is 1.17 bits per heavy atom. The highest BCUT2D eigenvalue weighted by Crippen LogP contribution is 2.37. The van der Waals surface area contributed by atoms with Gasteiger partial charge in [0, 0.05) is 6.04 Å². The second-order valence-electron chi connectivity index (χ2n) is 6.54. The van der Waals surface area contributed by atoms with E-state index in [9.17, 15) is 28.2 Å². The van der Waals surface area contributed by atoms with Gasteiger partial charge in [0.2, 0.25) is 0 Å². The number of rotatable bonds is 9. The number of carbonyl (C=O) groups is 1. The minimum absolute atomic E-state index is 0. The van der Waals surface area contributed by atoms with Gasteiger partial charge >= 0.3 is 12.1 Å². The van der Waals surface area contributed by atoms with Crippen molar-refractivity contribution in [2.45, 2.75) is 31.7 Å². The van der Waals surface area contributed by atoms with Crippen molar-refractivity contribution in [1.82, 2.24) is 5.32 Å². The zero-order valence-electron chi connectivity index (χ0n) is 16.0. The number of ether oxygens (including phenoxy) is 1. The third-order valence-electron chi connectivity index (χ3n) is 4.29. The molecule has 0 aliphatic carbocycles. The van der Waals surface area contributed by atoms with Crippen molar-refractivity contribution in [3.8, 4) is 11.5 Å². The van der Waals surface area contributed by atoms with E-state index < -0.39 is 36.2 Å². The molecule has 0 aliphatic heterocycles. The Kier molecular flexibility index (Phi) is 9.41. The fraction of sp³-hybridized carbons (Fsp3) is 0.350. The molecule has 166 valence electrons. The summed E-state index contributed by atoms with van der Waals surface area (Å²) in [4.78, 5) is 10.5. The van der Waals surface area contributed by atoms with Crippen LogP contribution in [0.5, 0.6) is 11.5 Å². The Labute approximate surface area is 177 Å². The lowest BCUT2D eigenvalue weighted by Crippen LogP contribution is -2.33. The Morgan fingerprint density at radius 3 is 2.37 bits per heavy atom. The zero-order valence-corrected chi connectivity index (χ0v) is 16.8. The van der Waals surface area contributed by atoms with Crippen molar-refractivity contribution in [2.24, 2.45) is 0 Å². The molecule has 30 heavy (non-hydrogen) atoms. The number of carboxylic acids is 1. The second kappa shape index (κ2) is 11.1. The van der Waals surface area contributed by atoms with Crippen molar-refractivity contribution in [3.63, 3.8) is 0 Å². The summed E-state index contributed by atoms with van der Waals surface area (Å²) in [6.07, 6.45) is -5.28. The fourth-order valence-electron chi connectivity index (χ4n) is 2.74. The number of phenolic OH excluding ortho intramolecular Hbond substituents is 1. The maximum absolute atomic E-state index is 13.2. The van der Waals surface area contributed by atoms with E-state index in [1.165, 1.54) is 18.2 Å². The molecule has 2 aromatic rings. The molecule has 2 rings (SSSR count). The normalized spacial score (nSPS) is 13.2. The first kappa shape index (κ1) is 25.5. The topological polar surface area (TPSA) is 99.0 Å². The molecule has 0 unspecified atom stereocenters. The first-order valence-corrected chi connectivity index (χ1v) is 8.83. The maximum Gasteiger partial charge on any atom is 0.419 e. The third kappa shape index (κ3) is 7.40. The van der Waals surface area contributed by atoms with Crippen LogP contribution >= 0.6 is 12.4 Å². The molecule has 0 heterocycles. The molecule has 2 atom stereocenters. The number of hydrogen-bond donors (Lipinski definition) is 4. The van der Waals surface area contributed by atoms with E-state index in [1.807, 2.05) is 0 Å². The average Bonchev–Trinajstić information content (AvgIpc) is 2.66. The highest BCUT2D eigenvalue weighted by atomic mass is 35.5. The number of aromatic hydroxyl groups is 1. The first-order valence-electron chi connectivity index (χ1n) is 8.83. The van der Waals surface area contributed by atoms with Gasteiger partial charge in [0.1, 0.15) is 11.5 Å². The van der Waals surface area contributed by atoms with Gasteiger partial charge in [-0.1, -0.05) is 18.2 Å². The Morgan fingerprint density at radius 2 is 1.80 bits per heavy atom. The van der Waals surface area contributed by atoms with Crippen LogP contribution in [-0.2, 0) is 17.4 Å². The number of hydrogen-bond acceptors (Lipinski definition) is 5. The van der Waals surface area contributed by atoms with Crippen molar-refractivity contribution in [3.05, 3.63) is 59.2 Å². The molecule has 0 bridgehead atoms. The summed E-state index contributed by atoms with van der Waals surface area (Å²) in [6, 6.07) is 9.19. The maximum atomic E-state index is 13.2. The van der Waals surface area contributed by atoms with Crippen LogP contribution in [0.1, 0.15) is 29.7 Å². The molecule has 2 aromatic carbocycles. The summed E-state index contributed by atoms with van der Waals surface area (Å²) in [5, 5.41) is 31.2. The standard InChI is InChI=1S/C20H22F3NO5.ClH/c1-12(19(28)14-3-5-15(25)6-4-14)24-9-8-13-2-7-17(29-11-18(26)27)16(10-13)20(21,22)23;/h2-7,10,12,19,24-25,28H,8-9,11H2,1H3,(H,26,27);1H/t12-,19-;/m0./s1. The van der Waals surface area contributed by atoms with Crippen molar-refractivity contribution in [1.29, 1.82) is 0 Å². The first-order chi connectivity index (χ1) is 13.6. The van der Waals surface area contributed by atoms with E-state index in [0.29, 0.717) is 17.7 Å². The summed E-state index contributed by atoms with van der Waals surface area (Å²) >= 11 is 0. The number of nitrogens with one attached hydrogen (secondary N) is 1. The predicted octanol–water partition coefficient (Wildman–Crippen LogP) is 3.55. The predicted molar refractivity (Wildman–Crippen MR) is 106 cm³/mol. The van der Waals surface area contributed by atoms with E-state index in [4.69, 9.17) is 9.84 Å². The monoisotopic (exact) mass is 449 g/mol. The summed E-state index contributed by atoms with van der Waals surface area (Å²) < 4.78 is 44.4. The van der Waals surface area contributed by atoms with Gasteiger partial charge in [-0.2, -0.15) is 13.2 Å². The Hall–Kier alpha value is -2.49. The summed E-state index contributed by atoms with van der Waals surface area (Å²) in [5.74, 6) is -1.82. The molecule has 0 aliphatic rings. The van der Waals surface area contributed by atoms with Gasteiger partial charge in [0.25, 0.3) is 0 Å². The van der Waals surface area contributed by atoms with Gasteiger partial charge in [-0.05, 0) is 55.3 Å². The lowest BCUT2D eigenvalue weighted by Gasteiger charge is -2.21. The van der Waals surface area contributed by atoms with E-state index in [0.717, 1.165) is 12.1 Å². The summed E-state index contributed by atoms with van der Waals surface area (Å²) in [6.45, 7) is 1.18. The largest absolute Gasteiger partial charge is 0.508 e. The molecule has 0 fully saturated rings. The molecule has 0 amide bonds. The van der Waals surface area contributed by atoms with E-state index >= 15 is 0 Å². The number of benzene rings is 2. The Bertz CT molecular complexity index is 830. The number of carboxylic acid groups (broad SMARTS) is 1. The minimum atomic E-state index is -4.68. The van der Waals surface area contributed by atoms with E-state index in [1.54, 1.807) is 19.1 Å². The van der Waals surface area contributed by atoms with Crippen LogP contribution in [0.2, 0.25) is 0 Å². The van der Waals surface area contributed by atoms with Crippen LogP contribution in [0.3, 0.4) is 0 Å². The van der Waals surface area contributed by atoms with Crippen LogP contribution in [0.15, 0.2) is 42.5 Å². The molecule has 10 heteroatoms. The van der Waals surface area contributed by atoms with Gasteiger partial charge in [0.15, 0.2) is 6.61 Å². The molecule has 6 nitrogen and oxygen atoms in total. The van der Waals surface area contributed by atoms with Crippen LogP contribution in [-0.4, -0.2) is 40.5 Å². The van der Waals surface area contributed by atoms with Crippen LogP contribution in [0.4, 0.5) is 13.2 Å². The van der Waals surface area contributed by atoms with Crippen LogP contribution < -0.4 is 10.1 Å². The van der Waals surface area contributed by atoms with Gasteiger partial charge < -0.3 is 25.4 Å².